The number of Topliss-reactive ketones (excluding diaryl/α,β-unsaturated/α-hetero) is 1. The number of carbonyl (C=O) groups excluding carboxylic acids is 2. The van der Waals surface area contributed by atoms with Gasteiger partial charge < -0.3 is 15.0 Å². The van der Waals surface area contributed by atoms with E-state index in [1.165, 1.54) is 38.5 Å². The molecule has 0 aliphatic heterocycles. The highest BCUT2D eigenvalue weighted by atomic mass is 16.3. The molecule has 0 unspecified atom stereocenters. The molecule has 0 spiro atoms. The van der Waals surface area contributed by atoms with Gasteiger partial charge in [0.2, 0.25) is 0 Å². The first-order valence-corrected chi connectivity index (χ1v) is 17.2. The highest BCUT2D eigenvalue weighted by molar-refractivity contribution is 5.87. The molecule has 0 aliphatic carbocycles. The standard InChI is InChI=1S/C36H66O4/c1-3-5-7-22-28-34(38)29-23-18-14-10-11-15-19-24-30-35(39)36(40,31-25-8-6-4-2)32-26-20-16-12-9-13-17-21-27-33-37/h18,20,23,26,33-34,38,40H,3-17,19,21-22,24-25,27-32H2,1-2H3/b23-18-,26-20-/t34-,36-/m1/s1. The highest BCUT2D eigenvalue weighted by Gasteiger charge is 2.32. The minimum atomic E-state index is -1.20. The number of aliphatic hydroxyl groups excluding tert-OH is 1. The molecule has 0 fully saturated rings. The Hall–Kier alpha value is -1.26. The molecular formula is C36H66O4. The van der Waals surface area contributed by atoms with E-state index in [0.717, 1.165) is 109 Å². The van der Waals surface area contributed by atoms with Gasteiger partial charge >= 0.3 is 0 Å². The minimum Gasteiger partial charge on any atom is -0.393 e. The summed E-state index contributed by atoms with van der Waals surface area (Å²) in [7, 11) is 0. The highest BCUT2D eigenvalue weighted by Crippen LogP contribution is 2.25. The molecule has 0 amide bonds. The molecule has 0 aromatic heterocycles. The zero-order valence-corrected chi connectivity index (χ0v) is 26.6. The Morgan fingerprint density at radius 2 is 1.18 bits per heavy atom. The van der Waals surface area contributed by atoms with Crippen molar-refractivity contribution >= 4 is 12.1 Å². The van der Waals surface area contributed by atoms with E-state index in [4.69, 9.17) is 0 Å². The largest absolute Gasteiger partial charge is 0.393 e. The van der Waals surface area contributed by atoms with Crippen molar-refractivity contribution in [3.05, 3.63) is 24.3 Å². The van der Waals surface area contributed by atoms with Crippen molar-refractivity contribution in [3.8, 4) is 0 Å². The van der Waals surface area contributed by atoms with Gasteiger partial charge in [-0.2, -0.15) is 0 Å². The lowest BCUT2D eigenvalue weighted by atomic mass is 9.85. The summed E-state index contributed by atoms with van der Waals surface area (Å²) in [5.74, 6) is 0.0278. The van der Waals surface area contributed by atoms with Crippen molar-refractivity contribution < 1.29 is 19.8 Å². The zero-order valence-electron chi connectivity index (χ0n) is 26.6. The molecule has 0 aromatic rings. The van der Waals surface area contributed by atoms with E-state index in [1.54, 1.807) is 0 Å². The number of ketones is 1. The molecule has 0 radical (unpaired) electrons. The molecule has 2 N–H and O–H groups in total. The molecule has 4 nitrogen and oxygen atoms in total. The van der Waals surface area contributed by atoms with E-state index in [0.29, 0.717) is 25.7 Å². The molecule has 234 valence electrons. The minimum absolute atomic E-state index is 0.0278. The van der Waals surface area contributed by atoms with E-state index < -0.39 is 5.60 Å². The van der Waals surface area contributed by atoms with Gasteiger partial charge in [0, 0.05) is 19.3 Å². The first kappa shape index (κ1) is 38.7. The van der Waals surface area contributed by atoms with Crippen LogP contribution in [0.25, 0.3) is 0 Å². The number of rotatable bonds is 31. The van der Waals surface area contributed by atoms with Crippen LogP contribution in [0, 0.1) is 0 Å². The van der Waals surface area contributed by atoms with E-state index in [-0.39, 0.29) is 11.9 Å². The van der Waals surface area contributed by atoms with Crippen molar-refractivity contribution in [2.75, 3.05) is 0 Å². The van der Waals surface area contributed by atoms with E-state index in [2.05, 4.69) is 32.1 Å². The van der Waals surface area contributed by atoms with Crippen LogP contribution in [0.2, 0.25) is 0 Å². The Morgan fingerprint density at radius 1 is 0.650 bits per heavy atom. The summed E-state index contributed by atoms with van der Waals surface area (Å²) < 4.78 is 0. The Bertz CT molecular complexity index is 626. The third-order valence-corrected chi connectivity index (χ3v) is 8.02. The Labute approximate surface area is 248 Å². The van der Waals surface area contributed by atoms with Crippen LogP contribution in [0.3, 0.4) is 0 Å². The lowest BCUT2D eigenvalue weighted by Crippen LogP contribution is -2.38. The molecule has 40 heavy (non-hydrogen) atoms. The van der Waals surface area contributed by atoms with Crippen LogP contribution in [-0.4, -0.2) is 34.0 Å². The Balaban J connectivity index is 4.15. The van der Waals surface area contributed by atoms with Crippen LogP contribution in [-0.2, 0) is 9.59 Å². The number of hydrogen-bond donors (Lipinski definition) is 2. The van der Waals surface area contributed by atoms with E-state index in [1.807, 2.05) is 6.08 Å². The van der Waals surface area contributed by atoms with Crippen molar-refractivity contribution in [1.82, 2.24) is 0 Å². The molecule has 0 aliphatic rings. The van der Waals surface area contributed by atoms with Crippen LogP contribution in [0.5, 0.6) is 0 Å². The lowest BCUT2D eigenvalue weighted by Gasteiger charge is -2.26. The fourth-order valence-electron chi connectivity index (χ4n) is 5.22. The van der Waals surface area contributed by atoms with Gasteiger partial charge in [-0.15, -0.1) is 0 Å². The second-order valence-electron chi connectivity index (χ2n) is 12.0. The Kier molecular flexibility index (Phi) is 28.3. The van der Waals surface area contributed by atoms with Crippen molar-refractivity contribution in [3.63, 3.8) is 0 Å². The average molecular weight is 563 g/mol. The summed E-state index contributed by atoms with van der Waals surface area (Å²) in [6.45, 7) is 4.39. The quantitative estimate of drug-likeness (QED) is 0.0501. The molecule has 4 heteroatoms. The van der Waals surface area contributed by atoms with Gasteiger partial charge in [-0.05, 0) is 57.8 Å². The summed E-state index contributed by atoms with van der Waals surface area (Å²) in [4.78, 5) is 23.4. The smallest absolute Gasteiger partial charge is 0.164 e. The van der Waals surface area contributed by atoms with Gasteiger partial charge in [-0.1, -0.05) is 128 Å². The molecule has 0 saturated carbocycles. The maximum atomic E-state index is 13.0. The summed E-state index contributed by atoms with van der Waals surface area (Å²) in [5.41, 5.74) is -1.20. The molecule has 0 saturated heterocycles. The number of aldehydes is 1. The maximum Gasteiger partial charge on any atom is 0.164 e. The van der Waals surface area contributed by atoms with Gasteiger partial charge in [-0.3, -0.25) is 4.79 Å². The first-order valence-electron chi connectivity index (χ1n) is 17.2. The van der Waals surface area contributed by atoms with Crippen molar-refractivity contribution in [1.29, 1.82) is 0 Å². The van der Waals surface area contributed by atoms with Gasteiger partial charge in [0.25, 0.3) is 0 Å². The average Bonchev–Trinajstić information content (AvgIpc) is 2.95. The van der Waals surface area contributed by atoms with Gasteiger partial charge in [0.15, 0.2) is 5.78 Å². The number of allylic oxidation sites excluding steroid dienone is 2. The third-order valence-electron chi connectivity index (χ3n) is 8.02. The van der Waals surface area contributed by atoms with Crippen LogP contribution in [0.4, 0.5) is 0 Å². The molecular weight excluding hydrogens is 496 g/mol. The van der Waals surface area contributed by atoms with Crippen LogP contribution < -0.4 is 0 Å². The van der Waals surface area contributed by atoms with Gasteiger partial charge in [0.1, 0.15) is 11.9 Å². The van der Waals surface area contributed by atoms with Crippen LogP contribution in [0.1, 0.15) is 181 Å². The van der Waals surface area contributed by atoms with Crippen LogP contribution >= 0.6 is 0 Å². The zero-order chi connectivity index (χ0) is 29.6. The molecule has 0 heterocycles. The SMILES string of the molecule is CCCCCC[C@@H](O)C/C=C\CCCCCCCC(=O)[C@](O)(C/C=C\CCCCCCCC=O)CCCCCC. The number of hydrogen-bond acceptors (Lipinski definition) is 4. The third kappa shape index (κ3) is 24.5. The normalized spacial score (nSPS) is 14.2. The maximum absolute atomic E-state index is 13.0. The molecule has 2 atom stereocenters. The molecule has 0 rings (SSSR count). The fraction of sp³-hybridized carbons (Fsp3) is 0.833. The van der Waals surface area contributed by atoms with Gasteiger partial charge in [-0.25, -0.2) is 0 Å². The van der Waals surface area contributed by atoms with Crippen LogP contribution in [0.15, 0.2) is 24.3 Å². The number of carbonyl (C=O) groups is 2. The number of unbranched alkanes of at least 4 members (excludes halogenated alkanes) is 17. The van der Waals surface area contributed by atoms with Crippen molar-refractivity contribution in [2.24, 2.45) is 0 Å². The summed E-state index contributed by atoms with van der Waals surface area (Å²) >= 11 is 0. The Morgan fingerprint density at radius 3 is 1.80 bits per heavy atom. The second-order valence-corrected chi connectivity index (χ2v) is 12.0. The predicted octanol–water partition coefficient (Wildman–Crippen LogP) is 10.1. The summed E-state index contributed by atoms with van der Waals surface area (Å²) in [6, 6.07) is 0. The first-order chi connectivity index (χ1) is 19.5. The monoisotopic (exact) mass is 562 g/mol. The predicted molar refractivity (Wildman–Crippen MR) is 172 cm³/mol. The van der Waals surface area contributed by atoms with E-state index in [9.17, 15) is 19.8 Å². The summed E-state index contributed by atoms with van der Waals surface area (Å²) in [5, 5.41) is 21.3. The van der Waals surface area contributed by atoms with Crippen molar-refractivity contribution in [2.45, 2.75) is 192 Å². The number of aliphatic hydroxyl groups is 2. The molecule has 0 aromatic carbocycles. The molecule has 0 bridgehead atoms. The lowest BCUT2D eigenvalue weighted by molar-refractivity contribution is -0.138. The second kappa shape index (κ2) is 29.2. The topological polar surface area (TPSA) is 74.6 Å². The fourth-order valence-corrected chi connectivity index (χ4v) is 5.22. The van der Waals surface area contributed by atoms with Gasteiger partial charge in [0.05, 0.1) is 6.10 Å². The summed E-state index contributed by atoms with van der Waals surface area (Å²) in [6.07, 6.45) is 35.3. The van der Waals surface area contributed by atoms with E-state index >= 15 is 0 Å².